The number of anilines is 1. The Labute approximate surface area is 170 Å². The predicted octanol–water partition coefficient (Wildman–Crippen LogP) is 5.61. The van der Waals surface area contributed by atoms with E-state index >= 15 is 0 Å². The number of fused-ring (bicyclic) bond motifs is 1. The third kappa shape index (κ3) is 4.13. The second-order valence-corrected chi connectivity index (χ2v) is 8.72. The van der Waals surface area contributed by atoms with E-state index in [2.05, 4.69) is 47.9 Å². The molecule has 2 heterocycles. The van der Waals surface area contributed by atoms with Gasteiger partial charge in [0.05, 0.1) is 10.2 Å². The summed E-state index contributed by atoms with van der Waals surface area (Å²) in [6, 6.07) is 15.5. The molecule has 0 N–H and O–H groups in total. The summed E-state index contributed by atoms with van der Waals surface area (Å²) in [6.45, 7) is 8.72. The summed E-state index contributed by atoms with van der Waals surface area (Å²) in [7, 11) is 0. The average molecular weight is 400 g/mol. The van der Waals surface area contributed by atoms with Crippen LogP contribution in [0.4, 0.5) is 5.13 Å². The number of halogens is 1. The first-order chi connectivity index (χ1) is 13.2. The smallest absolute Gasteiger partial charge is 0.186 e. The minimum atomic E-state index is 0.504. The summed E-state index contributed by atoms with van der Waals surface area (Å²) >= 11 is 7.91. The predicted molar refractivity (Wildman–Crippen MR) is 117 cm³/mol. The van der Waals surface area contributed by atoms with Crippen LogP contribution in [0.2, 0.25) is 5.02 Å². The Balaban J connectivity index is 1.49. The summed E-state index contributed by atoms with van der Waals surface area (Å²) in [5, 5.41) is 1.91. The molecule has 0 aliphatic carbocycles. The van der Waals surface area contributed by atoms with Crippen molar-refractivity contribution in [2.45, 2.75) is 39.3 Å². The number of rotatable bonds is 5. The van der Waals surface area contributed by atoms with Crippen LogP contribution in [0.25, 0.3) is 10.2 Å². The second kappa shape index (κ2) is 8.17. The van der Waals surface area contributed by atoms with E-state index in [9.17, 15) is 0 Å². The van der Waals surface area contributed by atoms with Crippen LogP contribution in [-0.2, 0) is 13.0 Å². The van der Waals surface area contributed by atoms with Crippen LogP contribution in [0.1, 0.15) is 31.4 Å². The van der Waals surface area contributed by atoms with Gasteiger partial charge in [0.1, 0.15) is 0 Å². The first-order valence-electron chi connectivity index (χ1n) is 9.79. The van der Waals surface area contributed by atoms with Gasteiger partial charge >= 0.3 is 0 Å². The van der Waals surface area contributed by atoms with E-state index in [0.29, 0.717) is 6.04 Å². The monoisotopic (exact) mass is 399 g/mol. The summed E-state index contributed by atoms with van der Waals surface area (Å²) in [5.41, 5.74) is 3.90. The molecular formula is C22H26ClN3S. The number of aromatic nitrogens is 1. The Morgan fingerprint density at radius 2 is 1.96 bits per heavy atom. The zero-order chi connectivity index (χ0) is 18.8. The van der Waals surface area contributed by atoms with Gasteiger partial charge in [0.15, 0.2) is 5.13 Å². The molecule has 1 saturated heterocycles. The van der Waals surface area contributed by atoms with Crippen molar-refractivity contribution in [3.63, 3.8) is 0 Å². The van der Waals surface area contributed by atoms with Crippen LogP contribution in [0.5, 0.6) is 0 Å². The molecule has 0 amide bonds. The Hall–Kier alpha value is -1.62. The molecular weight excluding hydrogens is 374 g/mol. The van der Waals surface area contributed by atoms with Gasteiger partial charge in [0, 0.05) is 37.2 Å². The van der Waals surface area contributed by atoms with Crippen molar-refractivity contribution in [2.24, 2.45) is 0 Å². The van der Waals surface area contributed by atoms with E-state index in [4.69, 9.17) is 16.6 Å². The highest BCUT2D eigenvalue weighted by molar-refractivity contribution is 7.22. The van der Waals surface area contributed by atoms with Crippen LogP contribution in [0.15, 0.2) is 42.5 Å². The third-order valence-electron chi connectivity index (χ3n) is 5.43. The molecule has 0 spiro atoms. The van der Waals surface area contributed by atoms with E-state index in [1.165, 1.54) is 15.8 Å². The molecule has 1 fully saturated rings. The lowest BCUT2D eigenvalue weighted by Crippen LogP contribution is -2.52. The van der Waals surface area contributed by atoms with Gasteiger partial charge in [0.2, 0.25) is 0 Å². The van der Waals surface area contributed by atoms with Gasteiger partial charge in [-0.1, -0.05) is 61.1 Å². The van der Waals surface area contributed by atoms with Gasteiger partial charge in [-0.25, -0.2) is 4.98 Å². The molecule has 2 aromatic carbocycles. The summed E-state index contributed by atoms with van der Waals surface area (Å²) < 4.78 is 1.17. The van der Waals surface area contributed by atoms with Crippen molar-refractivity contribution in [2.75, 3.05) is 24.5 Å². The zero-order valence-corrected chi connectivity index (χ0v) is 17.6. The van der Waals surface area contributed by atoms with Gasteiger partial charge in [0.25, 0.3) is 0 Å². The maximum atomic E-state index is 6.15. The van der Waals surface area contributed by atoms with Crippen LogP contribution in [0, 0.1) is 0 Å². The number of benzene rings is 2. The maximum Gasteiger partial charge on any atom is 0.186 e. The topological polar surface area (TPSA) is 19.4 Å². The lowest BCUT2D eigenvalue weighted by atomic mass is 10.1. The molecule has 1 unspecified atom stereocenters. The summed E-state index contributed by atoms with van der Waals surface area (Å²) in [6.07, 6.45) is 2.23. The quantitative estimate of drug-likeness (QED) is 0.555. The third-order valence-corrected chi connectivity index (χ3v) is 6.72. The fraction of sp³-hybridized carbons (Fsp3) is 0.409. The Morgan fingerprint density at radius 3 is 2.78 bits per heavy atom. The van der Waals surface area contributed by atoms with Crippen molar-refractivity contribution in [3.05, 3.63) is 58.6 Å². The van der Waals surface area contributed by atoms with Gasteiger partial charge in [-0.05, 0) is 42.2 Å². The molecule has 1 atom stereocenters. The van der Waals surface area contributed by atoms with E-state index in [1.54, 1.807) is 11.3 Å². The summed E-state index contributed by atoms with van der Waals surface area (Å²) in [5.74, 6) is 0. The molecule has 0 radical (unpaired) electrons. The highest BCUT2D eigenvalue weighted by atomic mass is 35.5. The molecule has 1 aromatic heterocycles. The van der Waals surface area contributed by atoms with E-state index in [0.717, 1.165) is 54.7 Å². The minimum absolute atomic E-state index is 0.504. The molecule has 3 nitrogen and oxygen atoms in total. The second-order valence-electron chi connectivity index (χ2n) is 7.27. The molecule has 0 saturated carbocycles. The lowest BCUT2D eigenvalue weighted by molar-refractivity contribution is 0.212. The van der Waals surface area contributed by atoms with E-state index < -0.39 is 0 Å². The molecule has 1 aliphatic heterocycles. The van der Waals surface area contributed by atoms with Crippen molar-refractivity contribution in [1.29, 1.82) is 0 Å². The standard InChI is InChI=1S/C22H26ClN3S/c1-3-16-6-5-7-17(12-16)14-25-10-11-26(19(4-2)15-25)22-24-20-9-8-18(23)13-21(20)27-22/h5-9,12-13,19H,3-4,10-11,14-15H2,1-2H3. The first-order valence-corrected chi connectivity index (χ1v) is 11.0. The maximum absolute atomic E-state index is 6.15. The molecule has 5 heteroatoms. The molecule has 142 valence electrons. The van der Waals surface area contributed by atoms with Gasteiger partial charge in [-0.2, -0.15) is 0 Å². The van der Waals surface area contributed by atoms with Crippen molar-refractivity contribution < 1.29 is 0 Å². The van der Waals surface area contributed by atoms with Gasteiger partial charge in [-0.15, -0.1) is 0 Å². The number of hydrogen-bond donors (Lipinski definition) is 0. The van der Waals surface area contributed by atoms with Crippen LogP contribution >= 0.6 is 22.9 Å². The SMILES string of the molecule is CCc1cccc(CN2CCN(c3nc4ccc(Cl)cc4s3)C(CC)C2)c1. The Morgan fingerprint density at radius 1 is 1.11 bits per heavy atom. The van der Waals surface area contributed by atoms with E-state index in [-0.39, 0.29) is 0 Å². The van der Waals surface area contributed by atoms with Gasteiger partial charge < -0.3 is 4.90 Å². The number of nitrogens with zero attached hydrogens (tertiary/aromatic N) is 3. The molecule has 27 heavy (non-hydrogen) atoms. The number of hydrogen-bond acceptors (Lipinski definition) is 4. The van der Waals surface area contributed by atoms with Crippen LogP contribution in [-0.4, -0.2) is 35.6 Å². The molecule has 4 rings (SSSR count). The average Bonchev–Trinajstić information content (AvgIpc) is 3.10. The van der Waals surface area contributed by atoms with Crippen molar-refractivity contribution in [1.82, 2.24) is 9.88 Å². The normalized spacial score (nSPS) is 18.3. The molecule has 3 aromatic rings. The Bertz CT molecular complexity index is 923. The Kier molecular flexibility index (Phi) is 5.67. The summed E-state index contributed by atoms with van der Waals surface area (Å²) in [4.78, 5) is 9.96. The van der Waals surface area contributed by atoms with Crippen molar-refractivity contribution >= 4 is 38.3 Å². The fourth-order valence-electron chi connectivity index (χ4n) is 3.88. The largest absolute Gasteiger partial charge is 0.343 e. The van der Waals surface area contributed by atoms with Crippen LogP contribution in [0.3, 0.4) is 0 Å². The zero-order valence-electron chi connectivity index (χ0n) is 16.0. The van der Waals surface area contributed by atoms with Crippen LogP contribution < -0.4 is 4.90 Å². The first kappa shape index (κ1) is 18.7. The van der Waals surface area contributed by atoms with E-state index in [1.807, 2.05) is 18.2 Å². The fourth-order valence-corrected chi connectivity index (χ4v) is 5.22. The van der Waals surface area contributed by atoms with Crippen molar-refractivity contribution in [3.8, 4) is 0 Å². The number of piperazine rings is 1. The number of thiazole rings is 1. The molecule has 0 bridgehead atoms. The highest BCUT2D eigenvalue weighted by Crippen LogP contribution is 2.33. The minimum Gasteiger partial charge on any atom is -0.343 e. The van der Waals surface area contributed by atoms with Gasteiger partial charge in [-0.3, -0.25) is 4.90 Å². The number of aryl methyl sites for hydroxylation is 1. The lowest BCUT2D eigenvalue weighted by Gasteiger charge is -2.41. The highest BCUT2D eigenvalue weighted by Gasteiger charge is 2.28. The molecule has 1 aliphatic rings.